The van der Waals surface area contributed by atoms with Crippen LogP contribution in [-0.4, -0.2) is 31.4 Å². The maximum atomic E-state index is 9.13. The van der Waals surface area contributed by atoms with Crippen molar-refractivity contribution in [1.29, 1.82) is 0 Å². The van der Waals surface area contributed by atoms with Gasteiger partial charge in [0.15, 0.2) is 0 Å². The van der Waals surface area contributed by atoms with E-state index in [0.717, 1.165) is 5.56 Å². The maximum absolute atomic E-state index is 9.13. The second kappa shape index (κ2) is 4.35. The van der Waals surface area contributed by atoms with Gasteiger partial charge in [-0.2, -0.15) is 0 Å². The first-order valence-corrected chi connectivity index (χ1v) is 4.18. The summed E-state index contributed by atoms with van der Waals surface area (Å²) in [7, 11) is 1.35. The third-order valence-corrected chi connectivity index (χ3v) is 1.95. The van der Waals surface area contributed by atoms with E-state index in [0.29, 0.717) is 11.5 Å². The van der Waals surface area contributed by atoms with Crippen molar-refractivity contribution in [1.82, 2.24) is 0 Å². The molecule has 0 bridgehead atoms. The van der Waals surface area contributed by atoms with Crippen molar-refractivity contribution in [2.75, 3.05) is 14.2 Å². The molecule has 0 fully saturated rings. The standard InChI is InChI=1S/C9H13BO4/c1-6-4-7(13-2)9(10(11)12)8(5-6)14-3/h4-5,11-12H,1-3H3. The number of hydrogen-bond donors (Lipinski definition) is 2. The largest absolute Gasteiger partial charge is 0.497 e. The van der Waals surface area contributed by atoms with Crippen molar-refractivity contribution >= 4 is 12.6 Å². The van der Waals surface area contributed by atoms with Gasteiger partial charge in [-0.1, -0.05) is 0 Å². The molecular weight excluding hydrogens is 183 g/mol. The smallest absolute Gasteiger partial charge is 0.496 e. The summed E-state index contributed by atoms with van der Waals surface area (Å²) >= 11 is 0. The number of benzene rings is 1. The minimum atomic E-state index is -1.60. The van der Waals surface area contributed by atoms with Crippen LogP contribution < -0.4 is 14.9 Å². The van der Waals surface area contributed by atoms with Crippen molar-refractivity contribution < 1.29 is 19.5 Å². The summed E-state index contributed by atoms with van der Waals surface area (Å²) in [6, 6.07) is 3.44. The van der Waals surface area contributed by atoms with Gasteiger partial charge < -0.3 is 19.5 Å². The Labute approximate surface area is 83.2 Å². The summed E-state index contributed by atoms with van der Waals surface area (Å²) in [6.45, 7) is 1.87. The first kappa shape index (κ1) is 10.9. The van der Waals surface area contributed by atoms with Gasteiger partial charge in [0.1, 0.15) is 11.5 Å². The number of rotatable bonds is 3. The lowest BCUT2D eigenvalue weighted by molar-refractivity contribution is 0.385. The minimum absolute atomic E-state index is 0.251. The van der Waals surface area contributed by atoms with Gasteiger partial charge in [0, 0.05) is 0 Å². The topological polar surface area (TPSA) is 58.9 Å². The Kier molecular flexibility index (Phi) is 3.38. The van der Waals surface area contributed by atoms with Crippen LogP contribution in [0.1, 0.15) is 5.56 Å². The molecule has 0 saturated heterocycles. The van der Waals surface area contributed by atoms with E-state index in [9.17, 15) is 0 Å². The normalized spacial score (nSPS) is 9.79. The SMILES string of the molecule is COc1cc(C)cc(OC)c1B(O)O. The molecule has 1 aromatic rings. The predicted molar refractivity (Wildman–Crippen MR) is 54.1 cm³/mol. The van der Waals surface area contributed by atoms with Gasteiger partial charge >= 0.3 is 7.12 Å². The highest BCUT2D eigenvalue weighted by Crippen LogP contribution is 2.19. The van der Waals surface area contributed by atoms with Crippen LogP contribution in [-0.2, 0) is 0 Å². The van der Waals surface area contributed by atoms with Crippen LogP contribution in [0.4, 0.5) is 0 Å². The number of aryl methyl sites for hydroxylation is 1. The van der Waals surface area contributed by atoms with Gasteiger partial charge in [0.2, 0.25) is 0 Å². The van der Waals surface area contributed by atoms with Gasteiger partial charge in [-0.15, -0.1) is 0 Å². The Bertz CT molecular complexity index is 300. The van der Waals surface area contributed by atoms with E-state index in [2.05, 4.69) is 0 Å². The molecule has 2 N–H and O–H groups in total. The molecule has 0 aliphatic rings. The molecular formula is C9H13BO4. The molecule has 0 spiro atoms. The summed E-state index contributed by atoms with van der Waals surface area (Å²) < 4.78 is 10.1. The second-order valence-corrected chi connectivity index (χ2v) is 2.96. The van der Waals surface area contributed by atoms with Crippen LogP contribution in [0.15, 0.2) is 12.1 Å². The van der Waals surface area contributed by atoms with E-state index in [4.69, 9.17) is 19.5 Å². The van der Waals surface area contributed by atoms with Crippen LogP contribution in [0.25, 0.3) is 0 Å². The molecule has 0 amide bonds. The van der Waals surface area contributed by atoms with E-state index in [1.165, 1.54) is 14.2 Å². The fourth-order valence-electron chi connectivity index (χ4n) is 1.32. The first-order chi connectivity index (χ1) is 6.60. The average Bonchev–Trinajstić information content (AvgIpc) is 2.15. The van der Waals surface area contributed by atoms with Crippen LogP contribution in [0.2, 0.25) is 0 Å². The van der Waals surface area contributed by atoms with Crippen LogP contribution in [0, 0.1) is 6.92 Å². The average molecular weight is 196 g/mol. The minimum Gasteiger partial charge on any atom is -0.497 e. The van der Waals surface area contributed by atoms with E-state index in [1.807, 2.05) is 6.92 Å². The molecule has 14 heavy (non-hydrogen) atoms. The summed E-state index contributed by atoms with van der Waals surface area (Å²) in [5, 5.41) is 18.3. The zero-order valence-electron chi connectivity index (χ0n) is 8.44. The highest BCUT2D eigenvalue weighted by Gasteiger charge is 2.22. The molecule has 0 aliphatic carbocycles. The van der Waals surface area contributed by atoms with E-state index in [-0.39, 0.29) is 5.46 Å². The number of methoxy groups -OCH3 is 2. The van der Waals surface area contributed by atoms with E-state index >= 15 is 0 Å². The Morgan fingerprint density at radius 2 is 1.50 bits per heavy atom. The van der Waals surface area contributed by atoms with Gasteiger partial charge in [-0.3, -0.25) is 0 Å². The fraction of sp³-hybridized carbons (Fsp3) is 0.333. The van der Waals surface area contributed by atoms with Crippen LogP contribution in [0.3, 0.4) is 0 Å². The highest BCUT2D eigenvalue weighted by molar-refractivity contribution is 6.61. The van der Waals surface area contributed by atoms with Crippen molar-refractivity contribution in [2.45, 2.75) is 6.92 Å². The lowest BCUT2D eigenvalue weighted by Crippen LogP contribution is -2.32. The lowest BCUT2D eigenvalue weighted by atomic mass is 9.78. The van der Waals surface area contributed by atoms with Gasteiger partial charge in [-0.25, -0.2) is 0 Å². The summed E-state index contributed by atoms with van der Waals surface area (Å²) in [6.07, 6.45) is 0. The Hall–Kier alpha value is -1.20. The molecule has 0 aliphatic heterocycles. The molecule has 0 saturated carbocycles. The third-order valence-electron chi connectivity index (χ3n) is 1.95. The Balaban J connectivity index is 3.33. The molecule has 1 rings (SSSR count). The monoisotopic (exact) mass is 196 g/mol. The van der Waals surface area contributed by atoms with Crippen molar-refractivity contribution in [3.05, 3.63) is 17.7 Å². The zero-order chi connectivity index (χ0) is 10.7. The van der Waals surface area contributed by atoms with E-state index in [1.54, 1.807) is 12.1 Å². The molecule has 5 heteroatoms. The van der Waals surface area contributed by atoms with Crippen molar-refractivity contribution in [3.63, 3.8) is 0 Å². The summed E-state index contributed by atoms with van der Waals surface area (Å²) in [5.41, 5.74) is 1.18. The molecule has 0 aromatic heterocycles. The van der Waals surface area contributed by atoms with Crippen molar-refractivity contribution in [3.8, 4) is 11.5 Å². The first-order valence-electron chi connectivity index (χ1n) is 4.18. The maximum Gasteiger partial charge on any atom is 0.496 e. The van der Waals surface area contributed by atoms with Crippen molar-refractivity contribution in [2.24, 2.45) is 0 Å². The lowest BCUT2D eigenvalue weighted by Gasteiger charge is -2.13. The van der Waals surface area contributed by atoms with E-state index < -0.39 is 7.12 Å². The fourth-order valence-corrected chi connectivity index (χ4v) is 1.32. The molecule has 0 heterocycles. The quantitative estimate of drug-likeness (QED) is 0.651. The van der Waals surface area contributed by atoms with Gasteiger partial charge in [0.05, 0.1) is 19.7 Å². The molecule has 76 valence electrons. The summed E-state index contributed by atoms with van der Waals surface area (Å²) in [4.78, 5) is 0. The molecule has 0 atom stereocenters. The van der Waals surface area contributed by atoms with Crippen LogP contribution in [0.5, 0.6) is 11.5 Å². The Morgan fingerprint density at radius 3 is 1.79 bits per heavy atom. The molecule has 4 nitrogen and oxygen atoms in total. The predicted octanol–water partition coefficient (Wildman–Crippen LogP) is -0.308. The Morgan fingerprint density at radius 1 is 1.07 bits per heavy atom. The molecule has 1 aromatic carbocycles. The molecule has 0 unspecified atom stereocenters. The third kappa shape index (κ3) is 2.00. The van der Waals surface area contributed by atoms with Gasteiger partial charge in [0.25, 0.3) is 0 Å². The number of ether oxygens (including phenoxy) is 2. The van der Waals surface area contributed by atoms with Crippen LogP contribution >= 0.6 is 0 Å². The number of hydrogen-bond acceptors (Lipinski definition) is 4. The molecule has 0 radical (unpaired) electrons. The summed E-state index contributed by atoms with van der Waals surface area (Å²) in [5.74, 6) is 0.828. The zero-order valence-corrected chi connectivity index (χ0v) is 8.44. The van der Waals surface area contributed by atoms with Gasteiger partial charge in [-0.05, 0) is 24.6 Å². The highest BCUT2D eigenvalue weighted by atomic mass is 16.5. The second-order valence-electron chi connectivity index (χ2n) is 2.96.